The monoisotopic (exact) mass is 307 g/mol. The van der Waals surface area contributed by atoms with E-state index in [1.165, 1.54) is 23.9 Å². The van der Waals surface area contributed by atoms with Crippen LogP contribution in [-0.4, -0.2) is 23.6 Å². The average Bonchev–Trinajstić information content (AvgIpc) is 2.46. The number of anilines is 1. The van der Waals surface area contributed by atoms with Gasteiger partial charge in [-0.15, -0.1) is 11.8 Å². The van der Waals surface area contributed by atoms with E-state index in [1.807, 2.05) is 19.1 Å². The molecule has 0 amide bonds. The molecule has 4 nitrogen and oxygen atoms in total. The summed E-state index contributed by atoms with van der Waals surface area (Å²) >= 11 is 1.51. The zero-order valence-electron chi connectivity index (χ0n) is 12.1. The van der Waals surface area contributed by atoms with E-state index in [1.54, 1.807) is 13.2 Å². The van der Waals surface area contributed by atoms with Crippen molar-refractivity contribution in [3.63, 3.8) is 0 Å². The van der Waals surface area contributed by atoms with Gasteiger partial charge in [0.1, 0.15) is 17.5 Å². The molecule has 0 aliphatic heterocycles. The third-order valence-corrected chi connectivity index (χ3v) is 3.63. The maximum Gasteiger partial charge on any atom is 0.141 e. The van der Waals surface area contributed by atoms with Crippen LogP contribution in [0, 0.1) is 5.82 Å². The Labute approximate surface area is 128 Å². The number of ether oxygens (including phenoxy) is 1. The summed E-state index contributed by atoms with van der Waals surface area (Å²) in [5, 5.41) is 3.18. The van der Waals surface area contributed by atoms with E-state index >= 15 is 0 Å². The number of rotatable bonds is 7. The lowest BCUT2D eigenvalue weighted by Crippen LogP contribution is -2.06. The van der Waals surface area contributed by atoms with E-state index in [4.69, 9.17) is 4.74 Å². The first-order valence-electron chi connectivity index (χ1n) is 6.69. The van der Waals surface area contributed by atoms with Crippen LogP contribution in [0.2, 0.25) is 0 Å². The number of hydrogen-bond acceptors (Lipinski definition) is 5. The highest BCUT2D eigenvalue weighted by Gasteiger charge is 2.06. The fourth-order valence-electron chi connectivity index (χ4n) is 1.81. The van der Waals surface area contributed by atoms with Crippen molar-refractivity contribution in [1.29, 1.82) is 0 Å². The van der Waals surface area contributed by atoms with E-state index < -0.39 is 0 Å². The second kappa shape index (κ2) is 7.95. The lowest BCUT2D eigenvalue weighted by atomic mass is 10.3. The molecule has 6 heteroatoms. The second-order valence-corrected chi connectivity index (χ2v) is 5.42. The molecule has 112 valence electrons. The van der Waals surface area contributed by atoms with Crippen LogP contribution in [0.5, 0.6) is 0 Å². The quantitative estimate of drug-likeness (QED) is 0.794. The molecule has 0 radical (unpaired) electrons. The summed E-state index contributed by atoms with van der Waals surface area (Å²) in [4.78, 5) is 9.76. The number of thioether (sulfide) groups is 1. The minimum absolute atomic E-state index is 0.234. The van der Waals surface area contributed by atoms with Crippen molar-refractivity contribution in [3.8, 4) is 0 Å². The van der Waals surface area contributed by atoms with Crippen LogP contribution in [0.1, 0.15) is 18.4 Å². The van der Waals surface area contributed by atoms with E-state index in [-0.39, 0.29) is 5.82 Å². The summed E-state index contributed by atoms with van der Waals surface area (Å²) in [6.45, 7) is 3.25. The molecule has 0 aliphatic carbocycles. The highest BCUT2D eigenvalue weighted by Crippen LogP contribution is 2.22. The Balaban J connectivity index is 2.10. The molecule has 0 atom stereocenters. The molecule has 1 heterocycles. The fourth-order valence-corrected chi connectivity index (χ4v) is 2.61. The van der Waals surface area contributed by atoms with Gasteiger partial charge in [-0.1, -0.05) is 6.07 Å². The molecule has 0 unspecified atom stereocenters. The van der Waals surface area contributed by atoms with Crippen molar-refractivity contribution in [1.82, 2.24) is 9.97 Å². The minimum atomic E-state index is -0.234. The highest BCUT2D eigenvalue weighted by molar-refractivity contribution is 7.98. The van der Waals surface area contributed by atoms with E-state index in [0.717, 1.165) is 23.0 Å². The number of hydrogen-bond donors (Lipinski definition) is 1. The first-order valence-corrected chi connectivity index (χ1v) is 7.68. The Bertz CT molecular complexity index is 571. The van der Waals surface area contributed by atoms with Gasteiger partial charge in [0.15, 0.2) is 0 Å². The molecule has 0 saturated heterocycles. The van der Waals surface area contributed by atoms with Gasteiger partial charge in [0.25, 0.3) is 0 Å². The molecule has 1 aromatic carbocycles. The SMILES string of the molecule is CCNc1cc(COC)nc(CSc2cccc(F)c2)n1. The first kappa shape index (κ1) is 15.7. The fraction of sp³-hybridized carbons (Fsp3) is 0.333. The summed E-state index contributed by atoms with van der Waals surface area (Å²) in [6.07, 6.45) is 0. The Morgan fingerprint density at radius 2 is 2.14 bits per heavy atom. The van der Waals surface area contributed by atoms with Crippen LogP contribution in [0.25, 0.3) is 0 Å². The maximum atomic E-state index is 13.2. The standard InChI is InChI=1S/C15H18FN3OS/c1-3-17-14-8-12(9-20-2)18-15(19-14)10-21-13-6-4-5-11(16)7-13/h4-8H,3,9-10H2,1-2H3,(H,17,18,19). The Kier molecular flexibility index (Phi) is 5.95. The Hall–Kier alpha value is -1.66. The van der Waals surface area contributed by atoms with Crippen LogP contribution < -0.4 is 5.32 Å². The van der Waals surface area contributed by atoms with Crippen molar-refractivity contribution in [3.05, 3.63) is 47.7 Å². The van der Waals surface area contributed by atoms with Crippen LogP contribution in [0.15, 0.2) is 35.2 Å². The summed E-state index contributed by atoms with van der Waals surface area (Å²) in [5.74, 6) is 1.84. The zero-order valence-corrected chi connectivity index (χ0v) is 12.9. The topological polar surface area (TPSA) is 47.0 Å². The van der Waals surface area contributed by atoms with Crippen molar-refractivity contribution in [2.24, 2.45) is 0 Å². The van der Waals surface area contributed by atoms with Crippen molar-refractivity contribution in [2.45, 2.75) is 24.2 Å². The molecule has 21 heavy (non-hydrogen) atoms. The number of methoxy groups -OCH3 is 1. The number of nitrogens with one attached hydrogen (secondary N) is 1. The summed E-state index contributed by atoms with van der Waals surface area (Å²) < 4.78 is 18.3. The van der Waals surface area contributed by atoms with Gasteiger partial charge in [-0.25, -0.2) is 14.4 Å². The smallest absolute Gasteiger partial charge is 0.141 e. The maximum absolute atomic E-state index is 13.2. The number of aromatic nitrogens is 2. The van der Waals surface area contributed by atoms with Crippen LogP contribution in [0.4, 0.5) is 10.2 Å². The lowest BCUT2D eigenvalue weighted by molar-refractivity contribution is 0.181. The molecule has 0 fully saturated rings. The van der Waals surface area contributed by atoms with E-state index in [0.29, 0.717) is 18.2 Å². The van der Waals surface area contributed by atoms with Gasteiger partial charge in [0.05, 0.1) is 18.1 Å². The number of benzene rings is 1. The van der Waals surface area contributed by atoms with E-state index in [9.17, 15) is 4.39 Å². The summed E-state index contributed by atoms with van der Waals surface area (Å²) in [6, 6.07) is 8.39. The highest BCUT2D eigenvalue weighted by atomic mass is 32.2. The predicted molar refractivity (Wildman–Crippen MR) is 82.9 cm³/mol. The molecule has 0 bridgehead atoms. The molecule has 1 N–H and O–H groups in total. The molecule has 2 rings (SSSR count). The van der Waals surface area contributed by atoms with Gasteiger partial charge in [0, 0.05) is 24.6 Å². The van der Waals surface area contributed by atoms with Gasteiger partial charge < -0.3 is 10.1 Å². The Morgan fingerprint density at radius 3 is 2.86 bits per heavy atom. The van der Waals surface area contributed by atoms with Crippen LogP contribution in [0.3, 0.4) is 0 Å². The van der Waals surface area contributed by atoms with Gasteiger partial charge in [-0.3, -0.25) is 0 Å². The average molecular weight is 307 g/mol. The van der Waals surface area contributed by atoms with Gasteiger partial charge >= 0.3 is 0 Å². The normalized spacial score (nSPS) is 10.6. The predicted octanol–water partition coefficient (Wildman–Crippen LogP) is 3.49. The molecule has 1 aromatic heterocycles. The van der Waals surface area contributed by atoms with Crippen LogP contribution in [-0.2, 0) is 17.1 Å². The second-order valence-electron chi connectivity index (χ2n) is 4.37. The first-order chi connectivity index (χ1) is 10.2. The van der Waals surface area contributed by atoms with Gasteiger partial charge in [-0.2, -0.15) is 0 Å². The molecule has 2 aromatic rings. The molecular weight excluding hydrogens is 289 g/mol. The number of halogens is 1. The Morgan fingerprint density at radius 1 is 1.29 bits per heavy atom. The van der Waals surface area contributed by atoms with Crippen molar-refractivity contribution in [2.75, 3.05) is 19.0 Å². The largest absolute Gasteiger partial charge is 0.378 e. The number of nitrogens with zero attached hydrogens (tertiary/aromatic N) is 2. The zero-order chi connectivity index (χ0) is 15.1. The molecular formula is C15H18FN3OS. The molecule has 0 saturated carbocycles. The van der Waals surface area contributed by atoms with Gasteiger partial charge in [-0.05, 0) is 25.1 Å². The third-order valence-electron chi connectivity index (χ3n) is 2.64. The molecule has 0 spiro atoms. The molecule has 0 aliphatic rings. The minimum Gasteiger partial charge on any atom is -0.378 e. The van der Waals surface area contributed by atoms with Gasteiger partial charge in [0.2, 0.25) is 0 Å². The third kappa shape index (κ3) is 4.99. The summed E-state index contributed by atoms with van der Waals surface area (Å²) in [5.41, 5.74) is 0.832. The lowest BCUT2D eigenvalue weighted by Gasteiger charge is -2.08. The van der Waals surface area contributed by atoms with Crippen molar-refractivity contribution >= 4 is 17.6 Å². The van der Waals surface area contributed by atoms with Crippen LogP contribution >= 0.6 is 11.8 Å². The summed E-state index contributed by atoms with van der Waals surface area (Å²) in [7, 11) is 1.64. The van der Waals surface area contributed by atoms with E-state index in [2.05, 4.69) is 15.3 Å². The van der Waals surface area contributed by atoms with Crippen molar-refractivity contribution < 1.29 is 9.13 Å².